The van der Waals surface area contributed by atoms with E-state index < -0.39 is 0 Å². The molecule has 1 aromatic heterocycles. The lowest BCUT2D eigenvalue weighted by atomic mass is 9.87. The molecule has 0 aliphatic rings. The summed E-state index contributed by atoms with van der Waals surface area (Å²) in [7, 11) is 1.60. The molecule has 0 radical (unpaired) electrons. The monoisotopic (exact) mass is 467 g/mol. The van der Waals surface area contributed by atoms with Gasteiger partial charge < -0.3 is 23.7 Å². The highest BCUT2D eigenvalue weighted by atomic mass is 32.2. The Balaban J connectivity index is 1.82. The zero-order valence-electron chi connectivity index (χ0n) is 19.3. The van der Waals surface area contributed by atoms with E-state index in [4.69, 9.17) is 14.2 Å². The molecule has 0 spiro atoms. The average molecular weight is 468 g/mol. The van der Waals surface area contributed by atoms with Crippen LogP contribution in [0.25, 0.3) is 0 Å². The Labute approximate surface area is 199 Å². The number of hydrogen-bond acceptors (Lipinski definition) is 8. The molecule has 0 atom stereocenters. The maximum absolute atomic E-state index is 10.6. The van der Waals surface area contributed by atoms with Crippen LogP contribution in [0, 0.1) is 0 Å². The molecule has 1 N–H and O–H groups in total. The average Bonchev–Trinajstić information content (AvgIpc) is 2.81. The lowest BCUT2D eigenvalue weighted by Gasteiger charge is -2.19. The van der Waals surface area contributed by atoms with Gasteiger partial charge in [0.05, 0.1) is 13.7 Å². The number of hydrogen-bond donors (Lipinski definition) is 1. The van der Waals surface area contributed by atoms with Crippen LogP contribution in [0.15, 0.2) is 59.8 Å². The molecule has 3 rings (SSSR count). The number of anilines is 1. The van der Waals surface area contributed by atoms with Crippen molar-refractivity contribution in [2.24, 2.45) is 0 Å². The van der Waals surface area contributed by atoms with Crippen molar-refractivity contribution < 1.29 is 19.0 Å². The molecule has 8 heteroatoms. The topological polar surface area (TPSA) is 82.6 Å². The van der Waals surface area contributed by atoms with E-state index in [1.807, 2.05) is 18.2 Å². The van der Waals surface area contributed by atoms with Crippen molar-refractivity contribution in [2.75, 3.05) is 18.4 Å². The Bertz CT molecular complexity index is 1050. The SMILES string of the molecule is COc1cccc(Oc2c(NSc3ccc(C(C)(C)C)cc3)ncnc2OCCCC=O)c1. The maximum atomic E-state index is 10.6. The molecule has 33 heavy (non-hydrogen) atoms. The largest absolute Gasteiger partial charge is 0.497 e. The van der Waals surface area contributed by atoms with Gasteiger partial charge in [-0.1, -0.05) is 39.0 Å². The van der Waals surface area contributed by atoms with Crippen LogP contribution in [0.1, 0.15) is 39.2 Å². The van der Waals surface area contributed by atoms with Crippen molar-refractivity contribution in [1.82, 2.24) is 9.97 Å². The van der Waals surface area contributed by atoms with Crippen LogP contribution in [0.5, 0.6) is 23.1 Å². The summed E-state index contributed by atoms with van der Waals surface area (Å²) in [6.45, 7) is 6.90. The first-order valence-corrected chi connectivity index (χ1v) is 11.5. The van der Waals surface area contributed by atoms with Gasteiger partial charge in [0.2, 0.25) is 5.75 Å². The van der Waals surface area contributed by atoms with Crippen LogP contribution in [-0.2, 0) is 10.2 Å². The highest BCUT2D eigenvalue weighted by Gasteiger charge is 2.17. The number of aldehydes is 1. The molecule has 3 aromatic rings. The number of ether oxygens (including phenoxy) is 3. The van der Waals surface area contributed by atoms with Crippen molar-refractivity contribution in [2.45, 2.75) is 43.9 Å². The number of carbonyl (C=O) groups excluding carboxylic acids is 1. The molecular weight excluding hydrogens is 438 g/mol. The number of carbonyl (C=O) groups is 1. The quantitative estimate of drug-likeness (QED) is 0.207. The second-order valence-electron chi connectivity index (χ2n) is 8.27. The zero-order chi connectivity index (χ0) is 23.7. The van der Waals surface area contributed by atoms with Gasteiger partial charge in [0.1, 0.15) is 24.1 Å². The first-order chi connectivity index (χ1) is 15.9. The minimum absolute atomic E-state index is 0.0944. The Morgan fingerprint density at radius 1 is 1.06 bits per heavy atom. The first kappa shape index (κ1) is 24.4. The Hall–Kier alpha value is -3.26. The van der Waals surface area contributed by atoms with Gasteiger partial charge in [0.25, 0.3) is 5.88 Å². The molecule has 174 valence electrons. The van der Waals surface area contributed by atoms with Gasteiger partial charge in [0.15, 0.2) is 5.82 Å². The van der Waals surface area contributed by atoms with Crippen molar-refractivity contribution in [3.05, 3.63) is 60.4 Å². The molecule has 2 aromatic carbocycles. The van der Waals surface area contributed by atoms with E-state index in [-0.39, 0.29) is 5.41 Å². The van der Waals surface area contributed by atoms with E-state index in [9.17, 15) is 4.79 Å². The third-order valence-electron chi connectivity index (χ3n) is 4.72. The Kier molecular flexibility index (Phi) is 8.54. The Morgan fingerprint density at radius 2 is 1.82 bits per heavy atom. The summed E-state index contributed by atoms with van der Waals surface area (Å²) in [5.41, 5.74) is 1.36. The molecule has 0 saturated heterocycles. The lowest BCUT2D eigenvalue weighted by molar-refractivity contribution is -0.108. The normalized spacial score (nSPS) is 11.0. The standard InChI is InChI=1S/C25H29N3O4S/c1-25(2,3)18-10-12-21(13-11-18)33-28-23-22(32-20-9-7-8-19(16-20)30-4)24(27-17-26-23)31-15-6-5-14-29/h7-14,16-17H,5-6,15H2,1-4H3,(H,26,27,28). The molecule has 0 aliphatic carbocycles. The zero-order valence-corrected chi connectivity index (χ0v) is 20.1. The van der Waals surface area contributed by atoms with E-state index in [2.05, 4.69) is 59.7 Å². The molecule has 7 nitrogen and oxygen atoms in total. The van der Waals surface area contributed by atoms with E-state index in [0.717, 1.165) is 11.2 Å². The number of benzene rings is 2. The minimum Gasteiger partial charge on any atom is -0.497 e. The first-order valence-electron chi connectivity index (χ1n) is 10.7. The summed E-state index contributed by atoms with van der Waals surface area (Å²) in [6.07, 6.45) is 3.29. The maximum Gasteiger partial charge on any atom is 0.263 e. The van der Waals surface area contributed by atoms with Gasteiger partial charge in [-0.3, -0.25) is 0 Å². The van der Waals surface area contributed by atoms with Gasteiger partial charge in [-0.05, 0) is 53.6 Å². The second-order valence-corrected chi connectivity index (χ2v) is 9.15. The summed E-state index contributed by atoms with van der Waals surface area (Å²) in [5, 5.41) is 0. The molecule has 0 saturated carbocycles. The number of aromatic nitrogens is 2. The van der Waals surface area contributed by atoms with Gasteiger partial charge in [-0.2, -0.15) is 4.98 Å². The summed E-state index contributed by atoms with van der Waals surface area (Å²) < 4.78 is 20.5. The number of unbranched alkanes of at least 4 members (excludes halogenated alkanes) is 1. The fraction of sp³-hybridized carbons (Fsp3) is 0.320. The number of nitrogens with zero attached hydrogens (tertiary/aromatic N) is 2. The molecule has 0 amide bonds. The van der Waals surface area contributed by atoms with Gasteiger partial charge in [-0.25, -0.2) is 4.98 Å². The predicted molar refractivity (Wildman–Crippen MR) is 131 cm³/mol. The van der Waals surface area contributed by atoms with Gasteiger partial charge >= 0.3 is 0 Å². The van der Waals surface area contributed by atoms with E-state index in [0.29, 0.717) is 48.4 Å². The third-order valence-corrected chi connectivity index (χ3v) is 5.53. The summed E-state index contributed by atoms with van der Waals surface area (Å²) in [4.78, 5) is 20.2. The van der Waals surface area contributed by atoms with Gasteiger partial charge in [-0.15, -0.1) is 0 Å². The van der Waals surface area contributed by atoms with Crippen molar-refractivity contribution in [3.63, 3.8) is 0 Å². The van der Waals surface area contributed by atoms with E-state index >= 15 is 0 Å². The molecule has 0 unspecified atom stereocenters. The van der Waals surface area contributed by atoms with Crippen molar-refractivity contribution in [3.8, 4) is 23.1 Å². The van der Waals surface area contributed by atoms with Crippen molar-refractivity contribution in [1.29, 1.82) is 0 Å². The second kappa shape index (κ2) is 11.6. The lowest BCUT2D eigenvalue weighted by Crippen LogP contribution is -2.10. The Morgan fingerprint density at radius 3 is 2.52 bits per heavy atom. The molecule has 0 bridgehead atoms. The number of rotatable bonds is 11. The van der Waals surface area contributed by atoms with Crippen LogP contribution in [-0.4, -0.2) is 30.0 Å². The predicted octanol–water partition coefficient (Wildman–Crippen LogP) is 6.05. The third kappa shape index (κ3) is 7.12. The number of methoxy groups -OCH3 is 1. The molecule has 0 fully saturated rings. The van der Waals surface area contributed by atoms with Crippen LogP contribution in [0.3, 0.4) is 0 Å². The summed E-state index contributed by atoms with van der Waals surface area (Å²) in [5.74, 6) is 2.36. The van der Waals surface area contributed by atoms with Gasteiger partial charge in [0, 0.05) is 17.4 Å². The molecule has 0 aliphatic heterocycles. The highest BCUT2D eigenvalue weighted by molar-refractivity contribution is 8.00. The summed E-state index contributed by atoms with van der Waals surface area (Å²) in [6, 6.07) is 15.6. The fourth-order valence-corrected chi connectivity index (χ4v) is 3.51. The van der Waals surface area contributed by atoms with Crippen LogP contribution < -0.4 is 18.9 Å². The number of nitrogens with one attached hydrogen (secondary N) is 1. The summed E-state index contributed by atoms with van der Waals surface area (Å²) >= 11 is 1.42. The smallest absolute Gasteiger partial charge is 0.263 e. The van der Waals surface area contributed by atoms with E-state index in [1.165, 1.54) is 23.8 Å². The van der Waals surface area contributed by atoms with Crippen LogP contribution in [0.4, 0.5) is 5.82 Å². The molecular formula is C25H29N3O4S. The van der Waals surface area contributed by atoms with E-state index in [1.54, 1.807) is 13.2 Å². The van der Waals surface area contributed by atoms with Crippen LogP contribution in [0.2, 0.25) is 0 Å². The minimum atomic E-state index is 0.0944. The highest BCUT2D eigenvalue weighted by Crippen LogP contribution is 2.38. The molecule has 1 heterocycles. The van der Waals surface area contributed by atoms with Crippen molar-refractivity contribution >= 4 is 24.1 Å². The van der Waals surface area contributed by atoms with Crippen LogP contribution >= 0.6 is 11.9 Å². The fourth-order valence-electron chi connectivity index (χ4n) is 2.87.